The fourth-order valence-electron chi connectivity index (χ4n) is 6.26. The van der Waals surface area contributed by atoms with Gasteiger partial charge in [0.05, 0.1) is 23.9 Å². The number of nitrogen functional groups attached to an aromatic ring is 1. The Balaban J connectivity index is 1.52. The third-order valence-corrected chi connectivity index (χ3v) is 8.54. The van der Waals surface area contributed by atoms with E-state index >= 15 is 0 Å². The molecule has 0 radical (unpaired) electrons. The van der Waals surface area contributed by atoms with Gasteiger partial charge in [0.15, 0.2) is 5.82 Å². The number of carbonyl (C=O) groups is 2. The van der Waals surface area contributed by atoms with Crippen LogP contribution in [-0.2, 0) is 27.8 Å². The summed E-state index contributed by atoms with van der Waals surface area (Å²) >= 11 is 0. The summed E-state index contributed by atoms with van der Waals surface area (Å²) in [6.45, 7) is 3.07. The number of nitrogens with two attached hydrogens (primary N) is 1. The summed E-state index contributed by atoms with van der Waals surface area (Å²) < 4.78 is 11.5. The van der Waals surface area contributed by atoms with Crippen LogP contribution in [0.1, 0.15) is 42.5 Å². The number of rotatable bonds is 7. The van der Waals surface area contributed by atoms with Gasteiger partial charge in [0.1, 0.15) is 6.61 Å². The second-order valence-corrected chi connectivity index (χ2v) is 10.8. The number of carboxylic acid groups (broad SMARTS) is 1. The number of likely N-dealkylation sites (N-methyl/N-ethyl adjacent to an activating group) is 1. The summed E-state index contributed by atoms with van der Waals surface area (Å²) in [5.41, 5.74) is 8.83. The number of nitrogens with zero attached hydrogens (tertiary/aromatic N) is 5. The molecular formula is C28H38N6O5. The number of carbonyl (C=O) groups excluding carboxylic acids is 1. The molecule has 0 spiro atoms. The average Bonchev–Trinajstić information content (AvgIpc) is 3.37. The number of hydrogen-bond donors (Lipinski definition) is 2. The first-order chi connectivity index (χ1) is 18.8. The van der Waals surface area contributed by atoms with Gasteiger partial charge in [-0.2, -0.15) is 9.97 Å². The van der Waals surface area contributed by atoms with Gasteiger partial charge in [-0.3, -0.25) is 4.79 Å². The van der Waals surface area contributed by atoms with Gasteiger partial charge in [0, 0.05) is 38.6 Å². The Morgan fingerprint density at radius 2 is 1.90 bits per heavy atom. The number of likely N-dealkylation sites (tertiary alicyclic amines) is 1. The first-order valence-electron chi connectivity index (χ1n) is 13.7. The number of anilines is 2. The van der Waals surface area contributed by atoms with E-state index in [1.54, 1.807) is 0 Å². The van der Waals surface area contributed by atoms with Gasteiger partial charge in [-0.25, -0.2) is 4.79 Å². The number of ether oxygens (including phenoxy) is 2. The summed E-state index contributed by atoms with van der Waals surface area (Å²) in [6.07, 6.45) is 3.85. The highest BCUT2D eigenvalue weighted by molar-refractivity contribution is 5.85. The van der Waals surface area contributed by atoms with Gasteiger partial charge in [0.25, 0.3) is 0 Å². The molecule has 2 saturated heterocycles. The number of benzene rings is 1. The Labute approximate surface area is 228 Å². The molecule has 1 aromatic carbocycles. The Kier molecular flexibility index (Phi) is 7.79. The maximum Gasteiger partial charge on any atom is 0.407 e. The molecule has 2 fully saturated rings. The van der Waals surface area contributed by atoms with Crippen molar-refractivity contribution in [2.45, 2.75) is 50.0 Å². The van der Waals surface area contributed by atoms with Crippen LogP contribution in [-0.4, -0.2) is 96.5 Å². The zero-order valence-corrected chi connectivity index (χ0v) is 22.8. The van der Waals surface area contributed by atoms with E-state index in [1.807, 2.05) is 23.1 Å². The maximum atomic E-state index is 13.5. The van der Waals surface area contributed by atoms with Crippen LogP contribution in [0.3, 0.4) is 0 Å². The number of fused-ring (bicyclic) bond motifs is 1. The largest absolute Gasteiger partial charge is 0.468 e. The molecule has 3 heterocycles. The van der Waals surface area contributed by atoms with Crippen molar-refractivity contribution >= 4 is 23.6 Å². The molecule has 11 nitrogen and oxygen atoms in total. The third-order valence-electron chi connectivity index (χ3n) is 8.54. The van der Waals surface area contributed by atoms with Crippen molar-refractivity contribution in [1.29, 1.82) is 0 Å². The van der Waals surface area contributed by atoms with Crippen molar-refractivity contribution in [3.05, 3.63) is 41.1 Å². The molecule has 3 N–H and O–H groups in total. The Hall–Kier alpha value is -3.60. The highest BCUT2D eigenvalue weighted by Crippen LogP contribution is 2.42. The number of methoxy groups -OCH3 is 1. The van der Waals surface area contributed by atoms with E-state index in [2.05, 4.69) is 18.0 Å². The fraction of sp³-hybridized carbons (Fsp3) is 0.571. The molecule has 1 aliphatic carbocycles. The first kappa shape index (κ1) is 27.0. The van der Waals surface area contributed by atoms with Gasteiger partial charge in [-0.15, -0.1) is 0 Å². The standard InChI is InChI=1S/C28H38N6O5/c1-32-12-6-9-20(32)18-39-26-30-22(23(29)24(31-26)33-13-15-34(16-14-33)27(36)37)17-28(25(35)38-2)11-5-8-19-7-3-4-10-21(19)28/h3-4,7,10,20H,5-6,8-9,11-18,29H2,1-2H3,(H,36,37)/t20-,28?/m0/s1. The van der Waals surface area contributed by atoms with Crippen LogP contribution in [0, 0.1) is 0 Å². The van der Waals surface area contributed by atoms with Crippen LogP contribution >= 0.6 is 0 Å². The predicted molar refractivity (Wildman–Crippen MR) is 146 cm³/mol. The Morgan fingerprint density at radius 3 is 2.59 bits per heavy atom. The van der Waals surface area contributed by atoms with Gasteiger partial charge in [0.2, 0.25) is 0 Å². The van der Waals surface area contributed by atoms with Gasteiger partial charge < -0.3 is 35.0 Å². The summed E-state index contributed by atoms with van der Waals surface area (Å²) in [6, 6.07) is 8.51. The second kappa shape index (κ2) is 11.3. The van der Waals surface area contributed by atoms with E-state index in [9.17, 15) is 14.7 Å². The lowest BCUT2D eigenvalue weighted by Crippen LogP contribution is -2.49. The number of hydrogen-bond acceptors (Lipinski definition) is 9. The quantitative estimate of drug-likeness (QED) is 0.506. The van der Waals surface area contributed by atoms with Crippen LogP contribution < -0.4 is 15.4 Å². The monoisotopic (exact) mass is 538 g/mol. The second-order valence-electron chi connectivity index (χ2n) is 10.8. The molecule has 1 amide bonds. The van der Waals surface area contributed by atoms with E-state index < -0.39 is 11.5 Å². The predicted octanol–water partition coefficient (Wildman–Crippen LogP) is 2.32. The fourth-order valence-corrected chi connectivity index (χ4v) is 6.26. The van der Waals surface area contributed by atoms with Crippen LogP contribution in [0.15, 0.2) is 24.3 Å². The maximum absolute atomic E-state index is 13.5. The van der Waals surface area contributed by atoms with Crippen molar-refractivity contribution in [3.63, 3.8) is 0 Å². The summed E-state index contributed by atoms with van der Waals surface area (Å²) in [7, 11) is 3.51. The molecule has 3 aliphatic rings. The molecule has 39 heavy (non-hydrogen) atoms. The van der Waals surface area contributed by atoms with E-state index in [4.69, 9.17) is 25.2 Å². The first-order valence-corrected chi connectivity index (χ1v) is 13.7. The Bertz CT molecular complexity index is 1220. The molecule has 210 valence electrons. The van der Waals surface area contributed by atoms with Crippen molar-refractivity contribution in [2.75, 3.05) is 64.1 Å². The number of aromatic nitrogens is 2. The molecule has 5 rings (SSSR count). The lowest BCUT2D eigenvalue weighted by Gasteiger charge is -2.37. The van der Waals surface area contributed by atoms with Crippen molar-refractivity contribution in [3.8, 4) is 6.01 Å². The summed E-state index contributed by atoms with van der Waals surface area (Å²) in [4.78, 5) is 40.0. The minimum absolute atomic E-state index is 0.222. The minimum atomic E-state index is -0.938. The van der Waals surface area contributed by atoms with Crippen LogP contribution in [0.25, 0.3) is 0 Å². The van der Waals surface area contributed by atoms with Gasteiger partial charge in [-0.05, 0) is 56.8 Å². The number of amides is 1. The number of esters is 1. The molecule has 11 heteroatoms. The SMILES string of the molecule is COC(=O)C1(Cc2nc(OC[C@@H]3CCCN3C)nc(N3CCN(C(=O)O)CC3)c2N)CCCc2ccccc21. The molecule has 2 aromatic rings. The van der Waals surface area contributed by atoms with Gasteiger partial charge in [-0.1, -0.05) is 24.3 Å². The number of piperazine rings is 1. The molecule has 0 saturated carbocycles. The van der Waals surface area contributed by atoms with Crippen LogP contribution in [0.2, 0.25) is 0 Å². The average molecular weight is 539 g/mol. The van der Waals surface area contributed by atoms with E-state index in [1.165, 1.54) is 12.0 Å². The lowest BCUT2D eigenvalue weighted by atomic mass is 9.67. The van der Waals surface area contributed by atoms with Crippen LogP contribution in [0.4, 0.5) is 16.3 Å². The van der Waals surface area contributed by atoms with E-state index in [0.29, 0.717) is 56.4 Å². The van der Waals surface area contributed by atoms with Crippen molar-refractivity contribution in [1.82, 2.24) is 19.8 Å². The zero-order valence-electron chi connectivity index (χ0n) is 22.8. The molecule has 1 unspecified atom stereocenters. The zero-order chi connectivity index (χ0) is 27.6. The van der Waals surface area contributed by atoms with Crippen molar-refractivity contribution in [2.24, 2.45) is 0 Å². The van der Waals surface area contributed by atoms with Crippen molar-refractivity contribution < 1.29 is 24.2 Å². The van der Waals surface area contributed by atoms with E-state index in [-0.39, 0.29) is 24.4 Å². The third kappa shape index (κ3) is 5.32. The molecule has 2 aliphatic heterocycles. The number of aryl methyl sites for hydroxylation is 1. The highest BCUT2D eigenvalue weighted by atomic mass is 16.5. The smallest absolute Gasteiger partial charge is 0.407 e. The topological polar surface area (TPSA) is 134 Å². The molecule has 0 bridgehead atoms. The highest BCUT2D eigenvalue weighted by Gasteiger charge is 2.45. The Morgan fingerprint density at radius 1 is 1.13 bits per heavy atom. The summed E-state index contributed by atoms with van der Waals surface area (Å²) in [5.74, 6) is 0.211. The normalized spacial score (nSPS) is 23.4. The van der Waals surface area contributed by atoms with Gasteiger partial charge >= 0.3 is 18.1 Å². The lowest BCUT2D eigenvalue weighted by molar-refractivity contribution is -0.148. The molecule has 1 aromatic heterocycles. The van der Waals surface area contributed by atoms with Crippen LogP contribution in [0.5, 0.6) is 6.01 Å². The van der Waals surface area contributed by atoms with E-state index in [0.717, 1.165) is 43.4 Å². The minimum Gasteiger partial charge on any atom is -0.468 e. The summed E-state index contributed by atoms with van der Waals surface area (Å²) in [5, 5.41) is 9.39. The molecular weight excluding hydrogens is 500 g/mol. The molecule has 2 atom stereocenters.